The van der Waals surface area contributed by atoms with Gasteiger partial charge in [-0.25, -0.2) is 8.42 Å². The first kappa shape index (κ1) is 17.1. The molecule has 1 fully saturated rings. The molecule has 0 radical (unpaired) electrons. The molecule has 3 N–H and O–H groups in total. The van der Waals surface area contributed by atoms with Crippen LogP contribution in [0.4, 0.5) is 10.3 Å². The first-order chi connectivity index (χ1) is 10.3. The van der Waals surface area contributed by atoms with Crippen LogP contribution in [0.25, 0.3) is 0 Å². The molecule has 10 heteroatoms. The van der Waals surface area contributed by atoms with Crippen molar-refractivity contribution in [2.75, 3.05) is 29.4 Å². The lowest BCUT2D eigenvalue weighted by molar-refractivity contribution is -0.117. The van der Waals surface area contributed by atoms with Gasteiger partial charge in [0.2, 0.25) is 26.2 Å². The second kappa shape index (κ2) is 7.34. The summed E-state index contributed by atoms with van der Waals surface area (Å²) in [6.45, 7) is 4.08. The van der Waals surface area contributed by atoms with Crippen LogP contribution in [-0.4, -0.2) is 43.9 Å². The molecule has 0 aromatic carbocycles. The van der Waals surface area contributed by atoms with Crippen molar-refractivity contribution in [1.82, 2.24) is 15.5 Å². The van der Waals surface area contributed by atoms with Crippen LogP contribution in [0.2, 0.25) is 0 Å². The lowest BCUT2D eigenvalue weighted by atomic mass is 9.85. The third-order valence-corrected chi connectivity index (χ3v) is 5.04. The SMILES string of the molecule is CC(CC(=O)Nc1nnc(NS(C)(=O)=O)s1)C1CCCNC1. The van der Waals surface area contributed by atoms with E-state index in [0.29, 0.717) is 17.5 Å². The molecule has 22 heavy (non-hydrogen) atoms. The summed E-state index contributed by atoms with van der Waals surface area (Å²) >= 11 is 0.994. The van der Waals surface area contributed by atoms with E-state index in [1.807, 2.05) is 0 Å². The maximum absolute atomic E-state index is 12.0. The summed E-state index contributed by atoms with van der Waals surface area (Å²) in [5.41, 5.74) is 0. The van der Waals surface area contributed by atoms with Crippen LogP contribution in [-0.2, 0) is 14.8 Å². The van der Waals surface area contributed by atoms with Gasteiger partial charge in [0.25, 0.3) is 0 Å². The van der Waals surface area contributed by atoms with Gasteiger partial charge in [0.05, 0.1) is 6.26 Å². The number of carbonyl (C=O) groups is 1. The Morgan fingerprint density at radius 3 is 2.82 bits per heavy atom. The fraction of sp³-hybridized carbons (Fsp3) is 0.750. The van der Waals surface area contributed by atoms with E-state index in [1.54, 1.807) is 0 Å². The van der Waals surface area contributed by atoms with E-state index < -0.39 is 10.0 Å². The van der Waals surface area contributed by atoms with Gasteiger partial charge in [-0.1, -0.05) is 18.3 Å². The van der Waals surface area contributed by atoms with Gasteiger partial charge in [0.15, 0.2) is 0 Å². The van der Waals surface area contributed by atoms with Crippen molar-refractivity contribution < 1.29 is 13.2 Å². The zero-order valence-corrected chi connectivity index (χ0v) is 14.3. The van der Waals surface area contributed by atoms with Crippen LogP contribution in [0, 0.1) is 11.8 Å². The summed E-state index contributed by atoms with van der Waals surface area (Å²) in [6.07, 6.45) is 3.74. The number of hydrogen-bond acceptors (Lipinski definition) is 7. The predicted octanol–water partition coefficient (Wildman–Crippen LogP) is 0.874. The van der Waals surface area contributed by atoms with Crippen molar-refractivity contribution in [2.45, 2.75) is 26.2 Å². The minimum atomic E-state index is -3.39. The Balaban J connectivity index is 1.84. The van der Waals surface area contributed by atoms with Crippen LogP contribution >= 0.6 is 11.3 Å². The summed E-state index contributed by atoms with van der Waals surface area (Å²) in [5.74, 6) is 0.672. The van der Waals surface area contributed by atoms with E-state index in [4.69, 9.17) is 0 Å². The number of nitrogens with one attached hydrogen (secondary N) is 3. The summed E-state index contributed by atoms with van der Waals surface area (Å²) < 4.78 is 24.4. The van der Waals surface area contributed by atoms with E-state index in [2.05, 4.69) is 32.5 Å². The molecule has 1 aliphatic heterocycles. The van der Waals surface area contributed by atoms with E-state index >= 15 is 0 Å². The number of amides is 1. The Bertz CT molecular complexity index is 610. The molecule has 2 rings (SSSR count). The summed E-state index contributed by atoms with van der Waals surface area (Å²) in [7, 11) is -3.39. The van der Waals surface area contributed by atoms with Crippen LogP contribution < -0.4 is 15.4 Å². The first-order valence-electron chi connectivity index (χ1n) is 7.15. The van der Waals surface area contributed by atoms with Gasteiger partial charge in [-0.3, -0.25) is 9.52 Å². The standard InChI is InChI=1S/C12H21N5O3S2/c1-8(9-4-3-5-13-7-9)6-10(18)14-11-15-16-12(21-11)17-22(2,19)20/h8-9,13H,3-7H2,1-2H3,(H,16,17)(H,14,15,18). The van der Waals surface area contributed by atoms with Gasteiger partial charge in [0, 0.05) is 6.42 Å². The van der Waals surface area contributed by atoms with Crippen molar-refractivity contribution in [3.05, 3.63) is 0 Å². The van der Waals surface area contributed by atoms with Crippen molar-refractivity contribution in [2.24, 2.45) is 11.8 Å². The zero-order valence-electron chi connectivity index (χ0n) is 12.6. The molecular formula is C12H21N5O3S2. The Labute approximate surface area is 134 Å². The molecule has 1 aliphatic rings. The second-order valence-electron chi connectivity index (χ2n) is 5.62. The topological polar surface area (TPSA) is 113 Å². The largest absolute Gasteiger partial charge is 0.316 e. The van der Waals surface area contributed by atoms with Crippen molar-refractivity contribution in [3.8, 4) is 0 Å². The molecular weight excluding hydrogens is 326 g/mol. The number of sulfonamides is 1. The number of piperidine rings is 1. The fourth-order valence-electron chi connectivity index (χ4n) is 2.47. The number of hydrogen-bond donors (Lipinski definition) is 3. The van der Waals surface area contributed by atoms with Gasteiger partial charge in [-0.15, -0.1) is 10.2 Å². The monoisotopic (exact) mass is 347 g/mol. The predicted molar refractivity (Wildman–Crippen MR) is 86.4 cm³/mol. The number of nitrogens with zero attached hydrogens (tertiary/aromatic N) is 2. The van der Waals surface area contributed by atoms with Gasteiger partial charge in [-0.05, 0) is 37.8 Å². The fourth-order valence-corrected chi connectivity index (χ4v) is 3.96. The minimum absolute atomic E-state index is 0.125. The molecule has 1 aromatic heterocycles. The van der Waals surface area contributed by atoms with E-state index in [-0.39, 0.29) is 17.0 Å². The Morgan fingerprint density at radius 1 is 1.45 bits per heavy atom. The van der Waals surface area contributed by atoms with Crippen molar-refractivity contribution in [3.63, 3.8) is 0 Å². The van der Waals surface area contributed by atoms with E-state index in [0.717, 1.165) is 43.5 Å². The van der Waals surface area contributed by atoms with Gasteiger partial charge in [0.1, 0.15) is 0 Å². The van der Waals surface area contributed by atoms with Crippen molar-refractivity contribution >= 4 is 37.5 Å². The smallest absolute Gasteiger partial charge is 0.231 e. The molecule has 1 amide bonds. The Kier molecular flexibility index (Phi) is 5.70. The average Bonchev–Trinajstić information content (AvgIpc) is 2.84. The molecule has 2 atom stereocenters. The minimum Gasteiger partial charge on any atom is -0.316 e. The molecule has 1 aromatic rings. The zero-order chi connectivity index (χ0) is 16.2. The third kappa shape index (κ3) is 5.50. The van der Waals surface area contributed by atoms with Gasteiger partial charge in [-0.2, -0.15) is 0 Å². The van der Waals surface area contributed by atoms with Gasteiger partial charge >= 0.3 is 0 Å². The molecule has 1 saturated heterocycles. The maximum Gasteiger partial charge on any atom is 0.231 e. The second-order valence-corrected chi connectivity index (χ2v) is 8.35. The van der Waals surface area contributed by atoms with E-state index in [1.165, 1.54) is 0 Å². The summed E-state index contributed by atoms with van der Waals surface area (Å²) in [6, 6.07) is 0. The van der Waals surface area contributed by atoms with Crippen LogP contribution in [0.1, 0.15) is 26.2 Å². The normalized spacial score (nSPS) is 20.4. The first-order valence-corrected chi connectivity index (χ1v) is 9.86. The molecule has 0 spiro atoms. The quantitative estimate of drug-likeness (QED) is 0.704. The average molecular weight is 347 g/mol. The number of rotatable bonds is 6. The number of carbonyl (C=O) groups excluding carboxylic acids is 1. The van der Waals surface area contributed by atoms with Crippen LogP contribution in [0.5, 0.6) is 0 Å². The lowest BCUT2D eigenvalue weighted by Gasteiger charge is -2.27. The molecule has 2 heterocycles. The van der Waals surface area contributed by atoms with Crippen molar-refractivity contribution in [1.29, 1.82) is 0 Å². The molecule has 124 valence electrons. The highest BCUT2D eigenvalue weighted by molar-refractivity contribution is 7.92. The van der Waals surface area contributed by atoms with E-state index in [9.17, 15) is 13.2 Å². The highest BCUT2D eigenvalue weighted by Crippen LogP contribution is 2.24. The summed E-state index contributed by atoms with van der Waals surface area (Å²) in [5, 5.41) is 13.9. The lowest BCUT2D eigenvalue weighted by Crippen LogP contribution is -2.34. The molecule has 0 aliphatic carbocycles. The number of anilines is 2. The Morgan fingerprint density at radius 2 is 2.18 bits per heavy atom. The Hall–Kier alpha value is -1.26. The molecule has 8 nitrogen and oxygen atoms in total. The number of aromatic nitrogens is 2. The third-order valence-electron chi connectivity index (χ3n) is 3.59. The maximum atomic E-state index is 12.0. The highest BCUT2D eigenvalue weighted by atomic mass is 32.2. The molecule has 0 saturated carbocycles. The summed E-state index contributed by atoms with van der Waals surface area (Å²) in [4.78, 5) is 12.0. The van der Waals surface area contributed by atoms with Crippen LogP contribution in [0.3, 0.4) is 0 Å². The molecule has 2 unspecified atom stereocenters. The highest BCUT2D eigenvalue weighted by Gasteiger charge is 2.22. The van der Waals surface area contributed by atoms with Crippen LogP contribution in [0.15, 0.2) is 0 Å². The molecule has 0 bridgehead atoms. The van der Waals surface area contributed by atoms with Gasteiger partial charge < -0.3 is 10.6 Å².